The number of para-hydroxylation sites is 1. The second kappa shape index (κ2) is 8.05. The first-order chi connectivity index (χ1) is 8.77. The summed E-state index contributed by atoms with van der Waals surface area (Å²) in [6.45, 7) is 1.08. The zero-order chi connectivity index (χ0) is 13.2. The van der Waals surface area contributed by atoms with Crippen LogP contribution in [0.1, 0.15) is 12.8 Å². The van der Waals surface area contributed by atoms with Crippen LogP contribution < -0.4 is 5.32 Å². The molecule has 0 bridgehead atoms. The molecule has 0 spiro atoms. The molecule has 0 saturated heterocycles. The van der Waals surface area contributed by atoms with Crippen molar-refractivity contribution in [1.82, 2.24) is 4.90 Å². The average Bonchev–Trinajstić information content (AvgIpc) is 2.40. The van der Waals surface area contributed by atoms with Crippen LogP contribution in [0.25, 0.3) is 0 Å². The highest BCUT2D eigenvalue weighted by molar-refractivity contribution is 7.80. The van der Waals surface area contributed by atoms with E-state index in [1.165, 1.54) is 0 Å². The molecule has 5 heteroatoms. The molecule has 4 nitrogen and oxygen atoms in total. The van der Waals surface area contributed by atoms with Gasteiger partial charge in [-0.3, -0.25) is 0 Å². The summed E-state index contributed by atoms with van der Waals surface area (Å²) in [5, 5.41) is 20.9. The number of thiocarbonyl (C=S) groups is 1. The van der Waals surface area contributed by atoms with Crippen LogP contribution in [-0.2, 0) is 0 Å². The molecule has 92 valence electrons. The summed E-state index contributed by atoms with van der Waals surface area (Å²) in [4.78, 5) is 1.84. The number of anilines is 1. The van der Waals surface area contributed by atoms with Gasteiger partial charge in [0, 0.05) is 18.8 Å². The highest BCUT2D eigenvalue weighted by Crippen LogP contribution is 2.07. The van der Waals surface area contributed by atoms with Crippen molar-refractivity contribution in [3.63, 3.8) is 0 Å². The first kappa shape index (κ1) is 14.0. The third kappa shape index (κ3) is 4.82. The van der Waals surface area contributed by atoms with Gasteiger partial charge in [-0.2, -0.15) is 10.5 Å². The fraction of sp³-hybridized carbons (Fsp3) is 0.308. The van der Waals surface area contributed by atoms with Gasteiger partial charge in [0.15, 0.2) is 5.11 Å². The second-order valence-corrected chi connectivity index (χ2v) is 3.99. The Hall–Kier alpha value is -2.11. The van der Waals surface area contributed by atoms with Gasteiger partial charge < -0.3 is 10.2 Å². The van der Waals surface area contributed by atoms with Crippen LogP contribution in [0.2, 0.25) is 0 Å². The third-order valence-electron chi connectivity index (χ3n) is 2.30. The lowest BCUT2D eigenvalue weighted by atomic mass is 10.3. The van der Waals surface area contributed by atoms with Crippen molar-refractivity contribution >= 4 is 23.0 Å². The Labute approximate surface area is 112 Å². The Morgan fingerprint density at radius 2 is 1.67 bits per heavy atom. The fourth-order valence-electron chi connectivity index (χ4n) is 1.41. The highest BCUT2D eigenvalue weighted by atomic mass is 32.1. The number of benzene rings is 1. The van der Waals surface area contributed by atoms with Crippen LogP contribution in [0.3, 0.4) is 0 Å². The molecular weight excluding hydrogens is 244 g/mol. The largest absolute Gasteiger partial charge is 0.347 e. The molecule has 1 rings (SSSR count). The van der Waals surface area contributed by atoms with Gasteiger partial charge in [-0.1, -0.05) is 18.2 Å². The zero-order valence-corrected chi connectivity index (χ0v) is 10.8. The van der Waals surface area contributed by atoms with Crippen LogP contribution in [0.4, 0.5) is 5.69 Å². The van der Waals surface area contributed by atoms with Crippen molar-refractivity contribution in [2.45, 2.75) is 12.8 Å². The summed E-state index contributed by atoms with van der Waals surface area (Å²) < 4.78 is 0. The molecule has 0 saturated carbocycles. The van der Waals surface area contributed by atoms with Crippen molar-refractivity contribution in [3.05, 3.63) is 30.3 Å². The van der Waals surface area contributed by atoms with E-state index in [9.17, 15) is 0 Å². The number of rotatable bonds is 5. The maximum Gasteiger partial charge on any atom is 0.173 e. The van der Waals surface area contributed by atoms with Crippen LogP contribution in [0.5, 0.6) is 0 Å². The van der Waals surface area contributed by atoms with E-state index in [-0.39, 0.29) is 0 Å². The lowest BCUT2D eigenvalue weighted by Crippen LogP contribution is -2.36. The molecule has 1 aromatic rings. The SMILES string of the molecule is N#CCCN(CCC#N)C(=S)Nc1ccccc1. The Kier molecular flexibility index (Phi) is 6.24. The van der Waals surface area contributed by atoms with Gasteiger partial charge in [0.05, 0.1) is 25.0 Å². The number of hydrogen-bond acceptors (Lipinski definition) is 3. The minimum absolute atomic E-state index is 0.391. The van der Waals surface area contributed by atoms with Gasteiger partial charge >= 0.3 is 0 Å². The number of hydrogen-bond donors (Lipinski definition) is 1. The maximum atomic E-state index is 8.61. The van der Waals surface area contributed by atoms with Gasteiger partial charge in [-0.15, -0.1) is 0 Å². The summed E-state index contributed by atoms with van der Waals surface area (Å²) in [6.07, 6.45) is 0.782. The quantitative estimate of drug-likeness (QED) is 0.822. The Morgan fingerprint density at radius 3 is 2.17 bits per heavy atom. The van der Waals surface area contributed by atoms with Crippen LogP contribution in [-0.4, -0.2) is 23.1 Å². The summed E-state index contributed by atoms with van der Waals surface area (Å²) in [7, 11) is 0. The summed E-state index contributed by atoms with van der Waals surface area (Å²) in [6, 6.07) is 13.8. The van der Waals surface area contributed by atoms with Crippen LogP contribution in [0.15, 0.2) is 30.3 Å². The van der Waals surface area contributed by atoms with Crippen molar-refractivity contribution in [1.29, 1.82) is 10.5 Å². The predicted octanol–water partition coefficient (Wildman–Crippen LogP) is 2.51. The first-order valence-corrected chi connectivity index (χ1v) is 6.03. The first-order valence-electron chi connectivity index (χ1n) is 5.63. The molecule has 0 fully saturated rings. The molecule has 0 aliphatic rings. The van der Waals surface area contributed by atoms with Crippen molar-refractivity contribution < 1.29 is 0 Å². The molecular formula is C13H14N4S. The smallest absolute Gasteiger partial charge is 0.173 e. The molecule has 1 N–H and O–H groups in total. The molecule has 0 unspecified atom stereocenters. The average molecular weight is 258 g/mol. The molecule has 0 aromatic heterocycles. The van der Waals surface area contributed by atoms with Gasteiger partial charge in [0.1, 0.15) is 0 Å². The maximum absolute atomic E-state index is 8.61. The van der Waals surface area contributed by atoms with Crippen molar-refractivity contribution in [3.8, 4) is 12.1 Å². The molecule has 0 radical (unpaired) electrons. The fourth-order valence-corrected chi connectivity index (χ4v) is 1.71. The Morgan fingerprint density at radius 1 is 1.11 bits per heavy atom. The summed E-state index contributed by atoms with van der Waals surface area (Å²) in [5.74, 6) is 0. The lowest BCUT2D eigenvalue weighted by Gasteiger charge is -2.23. The van der Waals surface area contributed by atoms with E-state index in [0.717, 1.165) is 5.69 Å². The lowest BCUT2D eigenvalue weighted by molar-refractivity contribution is 0.443. The molecule has 0 atom stereocenters. The van der Waals surface area contributed by atoms with Gasteiger partial charge in [0.2, 0.25) is 0 Å². The predicted molar refractivity (Wildman–Crippen MR) is 74.7 cm³/mol. The monoisotopic (exact) mass is 258 g/mol. The number of nitrogens with one attached hydrogen (secondary N) is 1. The van der Waals surface area contributed by atoms with E-state index in [0.29, 0.717) is 31.0 Å². The molecule has 0 amide bonds. The van der Waals surface area contributed by atoms with E-state index >= 15 is 0 Å². The molecule has 0 aliphatic carbocycles. The normalized spacial score (nSPS) is 9.00. The van der Waals surface area contributed by atoms with E-state index in [4.69, 9.17) is 22.7 Å². The number of nitriles is 2. The van der Waals surface area contributed by atoms with E-state index in [1.807, 2.05) is 35.2 Å². The number of nitrogens with zero attached hydrogens (tertiary/aromatic N) is 3. The highest BCUT2D eigenvalue weighted by Gasteiger charge is 2.08. The zero-order valence-electron chi connectivity index (χ0n) is 9.97. The van der Waals surface area contributed by atoms with E-state index in [2.05, 4.69) is 17.5 Å². The van der Waals surface area contributed by atoms with Crippen molar-refractivity contribution in [2.75, 3.05) is 18.4 Å². The summed E-state index contributed by atoms with van der Waals surface area (Å²) in [5.41, 5.74) is 0.904. The molecule has 1 aromatic carbocycles. The van der Waals surface area contributed by atoms with Crippen LogP contribution in [0, 0.1) is 22.7 Å². The van der Waals surface area contributed by atoms with Crippen LogP contribution >= 0.6 is 12.2 Å². The van der Waals surface area contributed by atoms with Gasteiger partial charge in [-0.05, 0) is 24.4 Å². The van der Waals surface area contributed by atoms with E-state index in [1.54, 1.807) is 0 Å². The van der Waals surface area contributed by atoms with Gasteiger partial charge in [0.25, 0.3) is 0 Å². The Bertz CT molecular complexity index is 440. The summed E-state index contributed by atoms with van der Waals surface area (Å²) >= 11 is 5.28. The minimum atomic E-state index is 0.391. The molecule has 0 heterocycles. The van der Waals surface area contributed by atoms with Crippen molar-refractivity contribution in [2.24, 2.45) is 0 Å². The standard InChI is InChI=1S/C13H14N4S/c14-8-4-10-17(11-5-9-15)13(18)16-12-6-2-1-3-7-12/h1-3,6-7H,4-5,10-11H2,(H,16,18). The second-order valence-electron chi connectivity index (χ2n) is 3.60. The topological polar surface area (TPSA) is 62.9 Å². The van der Waals surface area contributed by atoms with E-state index < -0.39 is 0 Å². The van der Waals surface area contributed by atoms with Gasteiger partial charge in [-0.25, -0.2) is 0 Å². The minimum Gasteiger partial charge on any atom is -0.347 e. The molecule has 18 heavy (non-hydrogen) atoms. The third-order valence-corrected chi connectivity index (χ3v) is 2.66. The Balaban J connectivity index is 2.59. The molecule has 0 aliphatic heterocycles.